The molecule has 1 unspecified atom stereocenters. The lowest BCUT2D eigenvalue weighted by atomic mass is 9.92. The molecule has 1 N–H and O–H groups in total. The molecule has 11 rings (SSSR count). The second-order valence-corrected chi connectivity index (χ2v) is 14.2. The lowest BCUT2D eigenvalue weighted by molar-refractivity contribution is 0.668. The van der Waals surface area contributed by atoms with E-state index in [0.717, 1.165) is 61.2 Å². The molecule has 0 spiro atoms. The highest BCUT2D eigenvalue weighted by molar-refractivity contribution is 6.26. The van der Waals surface area contributed by atoms with Crippen molar-refractivity contribution in [2.75, 3.05) is 0 Å². The Hall–Kier alpha value is -7.30. The number of nitrogens with zero attached hydrogens (tertiary/aromatic N) is 2. The predicted molar refractivity (Wildman–Crippen MR) is 229 cm³/mol. The third-order valence-electron chi connectivity index (χ3n) is 10.9. The van der Waals surface area contributed by atoms with Gasteiger partial charge in [0.15, 0.2) is 5.84 Å². The van der Waals surface area contributed by atoms with Gasteiger partial charge >= 0.3 is 0 Å². The van der Waals surface area contributed by atoms with E-state index in [1.54, 1.807) is 0 Å². The van der Waals surface area contributed by atoms with Gasteiger partial charge in [-0.2, -0.15) is 0 Å². The van der Waals surface area contributed by atoms with Crippen LogP contribution in [0.2, 0.25) is 0 Å². The molecule has 4 heteroatoms. The van der Waals surface area contributed by atoms with Crippen LogP contribution in [0.3, 0.4) is 0 Å². The first kappa shape index (κ1) is 31.2. The van der Waals surface area contributed by atoms with Gasteiger partial charge in [-0.15, -0.1) is 0 Å². The summed E-state index contributed by atoms with van der Waals surface area (Å²) in [5.74, 6) is 1.44. The van der Waals surface area contributed by atoms with Crippen LogP contribution in [-0.4, -0.2) is 11.7 Å². The SMILES string of the molecule is c1ccc(C2=NC(c3cccc4oc5ccc(-c6ccc7c8ccccc8c8ccccc8c7c6)cc5c34)=NC(c3cccc(-c4ccccc4)c3)N2)cc1. The molecule has 0 radical (unpaired) electrons. The zero-order valence-electron chi connectivity index (χ0n) is 29.8. The molecular formula is C51H33N3O. The quantitative estimate of drug-likeness (QED) is 0.181. The van der Waals surface area contributed by atoms with Crippen molar-refractivity contribution < 1.29 is 4.42 Å². The predicted octanol–water partition coefficient (Wildman–Crippen LogP) is 12.9. The van der Waals surface area contributed by atoms with E-state index in [1.807, 2.05) is 36.4 Å². The smallest absolute Gasteiger partial charge is 0.160 e. The number of furan rings is 1. The maximum absolute atomic E-state index is 6.52. The van der Waals surface area contributed by atoms with Gasteiger partial charge in [0.05, 0.1) is 0 Å². The summed E-state index contributed by atoms with van der Waals surface area (Å²) in [6.45, 7) is 0. The maximum atomic E-state index is 6.52. The minimum absolute atomic E-state index is 0.348. The van der Waals surface area contributed by atoms with Gasteiger partial charge < -0.3 is 9.73 Å². The van der Waals surface area contributed by atoms with Crippen molar-refractivity contribution >= 4 is 65.9 Å². The third-order valence-corrected chi connectivity index (χ3v) is 10.9. The molecule has 1 atom stereocenters. The summed E-state index contributed by atoms with van der Waals surface area (Å²) in [6, 6.07) is 66.4. The minimum atomic E-state index is -0.348. The zero-order valence-corrected chi connectivity index (χ0v) is 29.8. The van der Waals surface area contributed by atoms with Crippen LogP contribution < -0.4 is 5.32 Å². The van der Waals surface area contributed by atoms with Gasteiger partial charge in [0.1, 0.15) is 23.2 Å². The van der Waals surface area contributed by atoms with Crippen molar-refractivity contribution in [3.63, 3.8) is 0 Å². The second-order valence-electron chi connectivity index (χ2n) is 14.2. The molecule has 4 nitrogen and oxygen atoms in total. The highest BCUT2D eigenvalue weighted by Crippen LogP contribution is 2.40. The van der Waals surface area contributed by atoms with Crippen LogP contribution in [0.1, 0.15) is 22.9 Å². The van der Waals surface area contributed by atoms with Crippen molar-refractivity contribution in [3.05, 3.63) is 205 Å². The summed E-state index contributed by atoms with van der Waals surface area (Å²) < 4.78 is 6.52. The number of hydrogen-bond donors (Lipinski definition) is 1. The van der Waals surface area contributed by atoms with Crippen LogP contribution in [0, 0.1) is 0 Å². The maximum Gasteiger partial charge on any atom is 0.160 e. The van der Waals surface area contributed by atoms with E-state index in [9.17, 15) is 0 Å². The Kier molecular flexibility index (Phi) is 7.20. The molecule has 1 aliphatic rings. The molecule has 0 amide bonds. The molecule has 0 aliphatic carbocycles. The van der Waals surface area contributed by atoms with Gasteiger partial charge in [0.2, 0.25) is 0 Å². The van der Waals surface area contributed by atoms with Crippen LogP contribution in [0.4, 0.5) is 0 Å². The number of fused-ring (bicyclic) bond motifs is 9. The summed E-state index contributed by atoms with van der Waals surface area (Å²) in [5.41, 5.74) is 9.23. The van der Waals surface area contributed by atoms with E-state index in [-0.39, 0.29) is 6.17 Å². The highest BCUT2D eigenvalue weighted by atomic mass is 16.3. The standard InChI is InChI=1S/C51H33N3O/c1-3-13-32(14-4-1)34-17-11-18-37(29-34)50-52-49(33-15-5-2-6-16-33)53-51(54-50)43-23-12-24-47-48(43)45-31-36(26-28-46(45)55-47)35-25-27-42-40-21-8-7-19-38(40)39-20-9-10-22-41(39)44(42)30-35/h1-31,50H,(H,52,53,54). The van der Waals surface area contributed by atoms with E-state index >= 15 is 0 Å². The number of nitrogens with one attached hydrogen (secondary N) is 1. The molecule has 0 fully saturated rings. The van der Waals surface area contributed by atoms with Gasteiger partial charge in [0.25, 0.3) is 0 Å². The number of aliphatic imine (C=N–C) groups is 2. The average Bonchev–Trinajstić information content (AvgIpc) is 3.65. The molecule has 2 heterocycles. The normalized spacial score (nSPS) is 14.4. The van der Waals surface area contributed by atoms with Gasteiger partial charge in [-0.3, -0.25) is 0 Å². The Morgan fingerprint density at radius 3 is 1.69 bits per heavy atom. The first-order valence-electron chi connectivity index (χ1n) is 18.7. The van der Waals surface area contributed by atoms with Crippen molar-refractivity contribution in [3.8, 4) is 22.3 Å². The third kappa shape index (κ3) is 5.30. The van der Waals surface area contributed by atoms with Crippen LogP contribution in [-0.2, 0) is 0 Å². The molecule has 258 valence electrons. The van der Waals surface area contributed by atoms with E-state index in [0.29, 0.717) is 5.84 Å². The van der Waals surface area contributed by atoms with Crippen LogP contribution in [0.5, 0.6) is 0 Å². The number of hydrogen-bond acceptors (Lipinski definition) is 4. The van der Waals surface area contributed by atoms with Crippen molar-refractivity contribution in [2.45, 2.75) is 6.17 Å². The highest BCUT2D eigenvalue weighted by Gasteiger charge is 2.24. The van der Waals surface area contributed by atoms with E-state index in [4.69, 9.17) is 14.4 Å². The average molecular weight is 704 g/mol. The van der Waals surface area contributed by atoms with Gasteiger partial charge in [-0.25, -0.2) is 9.98 Å². The summed E-state index contributed by atoms with van der Waals surface area (Å²) in [7, 11) is 0. The van der Waals surface area contributed by atoms with Gasteiger partial charge in [-0.05, 0) is 90.5 Å². The van der Waals surface area contributed by atoms with Crippen LogP contribution in [0.15, 0.2) is 202 Å². The largest absolute Gasteiger partial charge is 0.456 e. The van der Waals surface area contributed by atoms with Crippen LogP contribution in [0.25, 0.3) is 76.5 Å². The Balaban J connectivity index is 1.08. The summed E-state index contributed by atoms with van der Waals surface area (Å²) >= 11 is 0. The molecule has 10 aromatic rings. The fourth-order valence-corrected chi connectivity index (χ4v) is 8.28. The zero-order chi connectivity index (χ0) is 36.3. The second kappa shape index (κ2) is 12.7. The molecule has 1 aromatic heterocycles. The molecule has 1 aliphatic heterocycles. The first-order chi connectivity index (χ1) is 27.2. The molecular weight excluding hydrogens is 671 g/mol. The van der Waals surface area contributed by atoms with Crippen molar-refractivity contribution in [1.82, 2.24) is 5.32 Å². The topological polar surface area (TPSA) is 49.9 Å². The Bertz CT molecular complexity index is 3140. The number of benzene rings is 9. The molecule has 0 saturated carbocycles. The van der Waals surface area contributed by atoms with Crippen molar-refractivity contribution in [1.29, 1.82) is 0 Å². The van der Waals surface area contributed by atoms with Gasteiger partial charge in [-0.1, -0.05) is 158 Å². The molecule has 55 heavy (non-hydrogen) atoms. The van der Waals surface area contributed by atoms with Gasteiger partial charge in [0, 0.05) is 21.9 Å². The number of amidine groups is 2. The minimum Gasteiger partial charge on any atom is -0.456 e. The molecule has 0 bridgehead atoms. The molecule has 0 saturated heterocycles. The Labute approximate surface area is 317 Å². The van der Waals surface area contributed by atoms with Crippen molar-refractivity contribution in [2.24, 2.45) is 9.98 Å². The molecule has 9 aromatic carbocycles. The summed E-state index contributed by atoms with van der Waals surface area (Å²) in [5, 5.41) is 13.3. The monoisotopic (exact) mass is 703 g/mol. The first-order valence-corrected chi connectivity index (χ1v) is 18.7. The fraction of sp³-hybridized carbons (Fsp3) is 0.0196. The summed E-state index contributed by atoms with van der Waals surface area (Å²) in [6.07, 6.45) is -0.348. The van der Waals surface area contributed by atoms with Crippen LogP contribution >= 0.6 is 0 Å². The Morgan fingerprint density at radius 2 is 0.964 bits per heavy atom. The number of rotatable bonds is 5. The fourth-order valence-electron chi connectivity index (χ4n) is 8.28. The van der Waals surface area contributed by atoms with E-state index < -0.39 is 0 Å². The lowest BCUT2D eigenvalue weighted by Crippen LogP contribution is -2.33. The Morgan fingerprint density at radius 1 is 0.400 bits per heavy atom. The summed E-state index contributed by atoms with van der Waals surface area (Å²) in [4.78, 5) is 10.5. The lowest BCUT2D eigenvalue weighted by Gasteiger charge is -2.24. The van der Waals surface area contributed by atoms with E-state index in [2.05, 4.69) is 157 Å². The van der Waals surface area contributed by atoms with E-state index in [1.165, 1.54) is 37.9 Å².